The first-order valence-electron chi connectivity index (χ1n) is 4.79. The normalized spacial score (nSPS) is 17.7. The van der Waals surface area contributed by atoms with Gasteiger partial charge in [-0.15, -0.1) is 0 Å². The van der Waals surface area contributed by atoms with Gasteiger partial charge in [0, 0.05) is 13.5 Å². The van der Waals surface area contributed by atoms with Gasteiger partial charge in [-0.05, 0) is 12.3 Å². The summed E-state index contributed by atoms with van der Waals surface area (Å²) in [4.78, 5) is 10.8. The number of rotatable bonds is 5. The van der Waals surface area contributed by atoms with E-state index >= 15 is 0 Å². The Hall–Kier alpha value is -0.810. The molecule has 88 valence electrons. The lowest BCUT2D eigenvalue weighted by Crippen LogP contribution is -2.51. The summed E-state index contributed by atoms with van der Waals surface area (Å²) >= 11 is 0. The summed E-state index contributed by atoms with van der Waals surface area (Å²) in [5.41, 5.74) is 0. The summed E-state index contributed by atoms with van der Waals surface area (Å²) in [6.07, 6.45) is 2.63. The van der Waals surface area contributed by atoms with Crippen molar-refractivity contribution in [2.45, 2.75) is 38.0 Å². The number of hydrogen-bond donors (Lipinski definition) is 1. The number of amides is 1. The Bertz CT molecular complexity index is 245. The van der Waals surface area contributed by atoms with Crippen LogP contribution in [0.2, 0.25) is 0 Å². The molecule has 1 saturated carbocycles. The molecule has 0 aliphatic heterocycles. The summed E-state index contributed by atoms with van der Waals surface area (Å²) in [7, 11) is 0. The van der Waals surface area contributed by atoms with Crippen molar-refractivity contribution in [3.05, 3.63) is 0 Å². The predicted octanol–water partition coefficient (Wildman–Crippen LogP) is 2.19. The van der Waals surface area contributed by atoms with Gasteiger partial charge in [-0.2, -0.15) is 17.6 Å². The minimum absolute atomic E-state index is 0.0352. The minimum atomic E-state index is -4.63. The topological polar surface area (TPSA) is 29.1 Å². The molecule has 0 saturated heterocycles. The van der Waals surface area contributed by atoms with Crippen molar-refractivity contribution >= 4 is 5.91 Å². The fourth-order valence-electron chi connectivity index (χ4n) is 1.11. The Labute approximate surface area is 85.0 Å². The molecule has 6 heteroatoms. The van der Waals surface area contributed by atoms with Gasteiger partial charge in [0.15, 0.2) is 0 Å². The number of carbonyl (C=O) groups excluding carboxylic acids is 1. The van der Waals surface area contributed by atoms with E-state index in [4.69, 9.17) is 0 Å². The molecule has 0 bridgehead atoms. The largest absolute Gasteiger partial charge is 0.385 e. The fourth-order valence-corrected chi connectivity index (χ4v) is 1.11. The highest BCUT2D eigenvalue weighted by atomic mass is 19.3. The lowest BCUT2D eigenvalue weighted by molar-refractivity contribution is -0.202. The maximum atomic E-state index is 12.7. The Morgan fingerprint density at radius 1 is 1.33 bits per heavy atom. The van der Waals surface area contributed by atoms with Gasteiger partial charge in [-0.25, -0.2) is 0 Å². The van der Waals surface area contributed by atoms with Gasteiger partial charge in [-0.1, -0.05) is 12.8 Å². The summed E-state index contributed by atoms with van der Waals surface area (Å²) in [6, 6.07) is 0. The van der Waals surface area contributed by atoms with E-state index in [1.165, 1.54) is 0 Å². The Morgan fingerprint density at radius 2 is 1.87 bits per heavy atom. The standard InChI is InChI=1S/C9H13F4NO/c1-8(10,11)9(12,13)7(15)14-5-4-6-2-3-6/h6H,2-5H2,1H3,(H,14,15). The van der Waals surface area contributed by atoms with Gasteiger partial charge in [-0.3, -0.25) is 4.79 Å². The molecular formula is C9H13F4NO. The molecular weight excluding hydrogens is 214 g/mol. The van der Waals surface area contributed by atoms with E-state index in [1.807, 2.05) is 5.32 Å². The SMILES string of the molecule is CC(F)(F)C(F)(F)C(=O)NCCC1CC1. The third-order valence-electron chi connectivity index (χ3n) is 2.37. The van der Waals surface area contributed by atoms with Crippen LogP contribution in [0.25, 0.3) is 0 Å². The van der Waals surface area contributed by atoms with Crippen LogP contribution in [0.3, 0.4) is 0 Å². The van der Waals surface area contributed by atoms with Crippen molar-refractivity contribution in [3.63, 3.8) is 0 Å². The molecule has 0 heterocycles. The van der Waals surface area contributed by atoms with E-state index in [2.05, 4.69) is 0 Å². The molecule has 15 heavy (non-hydrogen) atoms. The van der Waals surface area contributed by atoms with Crippen LogP contribution in [-0.4, -0.2) is 24.3 Å². The predicted molar refractivity (Wildman–Crippen MR) is 45.9 cm³/mol. The second-order valence-corrected chi connectivity index (χ2v) is 3.95. The molecule has 1 aliphatic rings. The van der Waals surface area contributed by atoms with E-state index in [-0.39, 0.29) is 13.5 Å². The average Bonchev–Trinajstić information content (AvgIpc) is 2.85. The fraction of sp³-hybridized carbons (Fsp3) is 0.889. The molecule has 1 aliphatic carbocycles. The van der Waals surface area contributed by atoms with Crippen molar-refractivity contribution in [2.75, 3.05) is 6.54 Å². The van der Waals surface area contributed by atoms with Gasteiger partial charge >= 0.3 is 11.8 Å². The Morgan fingerprint density at radius 3 is 2.27 bits per heavy atom. The Kier molecular flexibility index (Phi) is 3.25. The van der Waals surface area contributed by atoms with Crippen LogP contribution in [-0.2, 0) is 4.79 Å². The first-order valence-corrected chi connectivity index (χ1v) is 4.79. The highest BCUT2D eigenvalue weighted by Gasteiger charge is 2.58. The van der Waals surface area contributed by atoms with Crippen LogP contribution in [0, 0.1) is 5.92 Å². The summed E-state index contributed by atoms with van der Waals surface area (Å²) in [5.74, 6) is -10.4. The maximum absolute atomic E-state index is 12.7. The van der Waals surface area contributed by atoms with Gasteiger partial charge in [0.1, 0.15) is 0 Å². The first kappa shape index (κ1) is 12.3. The third kappa shape index (κ3) is 3.07. The first-order chi connectivity index (χ1) is 6.75. The molecule has 0 radical (unpaired) electrons. The van der Waals surface area contributed by atoms with E-state index < -0.39 is 17.8 Å². The molecule has 1 rings (SSSR count). The molecule has 0 atom stereocenters. The quantitative estimate of drug-likeness (QED) is 0.717. The zero-order valence-electron chi connectivity index (χ0n) is 8.33. The van der Waals surface area contributed by atoms with Crippen LogP contribution >= 0.6 is 0 Å². The summed E-state index contributed by atoms with van der Waals surface area (Å²) in [5, 5.41) is 1.83. The average molecular weight is 227 g/mol. The molecule has 1 N–H and O–H groups in total. The van der Waals surface area contributed by atoms with Crippen LogP contribution in [0.15, 0.2) is 0 Å². The number of halogens is 4. The monoisotopic (exact) mass is 227 g/mol. The second-order valence-electron chi connectivity index (χ2n) is 3.95. The Balaban J connectivity index is 2.36. The highest BCUT2D eigenvalue weighted by Crippen LogP contribution is 2.34. The van der Waals surface area contributed by atoms with Crippen molar-refractivity contribution in [2.24, 2.45) is 5.92 Å². The molecule has 1 fully saturated rings. The third-order valence-corrected chi connectivity index (χ3v) is 2.37. The molecule has 1 amide bonds. The smallest absolute Gasteiger partial charge is 0.351 e. The maximum Gasteiger partial charge on any atom is 0.385 e. The molecule has 0 spiro atoms. The van der Waals surface area contributed by atoms with Gasteiger partial charge in [0.2, 0.25) is 0 Å². The summed E-state index contributed by atoms with van der Waals surface area (Å²) < 4.78 is 50.1. The number of hydrogen-bond acceptors (Lipinski definition) is 1. The number of carbonyl (C=O) groups is 1. The van der Waals surface area contributed by atoms with Crippen LogP contribution < -0.4 is 5.32 Å². The van der Waals surface area contributed by atoms with E-state index in [0.29, 0.717) is 12.3 Å². The molecule has 0 unspecified atom stereocenters. The van der Waals surface area contributed by atoms with Crippen molar-refractivity contribution in [1.82, 2.24) is 5.32 Å². The van der Waals surface area contributed by atoms with Gasteiger partial charge < -0.3 is 5.32 Å². The lowest BCUT2D eigenvalue weighted by atomic mass is 10.2. The van der Waals surface area contributed by atoms with E-state index in [1.54, 1.807) is 0 Å². The molecule has 0 aromatic carbocycles. The van der Waals surface area contributed by atoms with E-state index in [9.17, 15) is 22.4 Å². The number of alkyl halides is 4. The molecule has 2 nitrogen and oxygen atoms in total. The van der Waals surface area contributed by atoms with Gasteiger partial charge in [0.05, 0.1) is 0 Å². The second kappa shape index (κ2) is 3.98. The van der Waals surface area contributed by atoms with Crippen molar-refractivity contribution in [1.29, 1.82) is 0 Å². The zero-order valence-corrected chi connectivity index (χ0v) is 8.33. The number of nitrogens with one attached hydrogen (secondary N) is 1. The van der Waals surface area contributed by atoms with E-state index in [0.717, 1.165) is 12.8 Å². The van der Waals surface area contributed by atoms with Gasteiger partial charge in [0.25, 0.3) is 5.91 Å². The lowest BCUT2D eigenvalue weighted by Gasteiger charge is -2.21. The minimum Gasteiger partial charge on any atom is -0.351 e. The van der Waals surface area contributed by atoms with Crippen molar-refractivity contribution < 1.29 is 22.4 Å². The molecule has 0 aromatic heterocycles. The highest BCUT2D eigenvalue weighted by molar-refractivity contribution is 5.84. The van der Waals surface area contributed by atoms with Crippen molar-refractivity contribution in [3.8, 4) is 0 Å². The van der Waals surface area contributed by atoms with Crippen LogP contribution in [0.4, 0.5) is 17.6 Å². The van der Waals surface area contributed by atoms with Crippen LogP contribution in [0.1, 0.15) is 26.2 Å². The molecule has 0 aromatic rings. The van der Waals surface area contributed by atoms with Crippen LogP contribution in [0.5, 0.6) is 0 Å². The summed E-state index contributed by atoms with van der Waals surface area (Å²) in [6.45, 7) is 0.0721. The zero-order chi connectivity index (χ0) is 11.7.